The Hall–Kier alpha value is -2.66. The van der Waals surface area contributed by atoms with Crippen LogP contribution in [0.2, 0.25) is 0 Å². The maximum absolute atomic E-state index is 13.3. The first-order valence-electron chi connectivity index (χ1n) is 10.7. The van der Waals surface area contributed by atoms with Gasteiger partial charge in [-0.05, 0) is 37.5 Å². The van der Waals surface area contributed by atoms with E-state index in [4.69, 9.17) is 0 Å². The van der Waals surface area contributed by atoms with Crippen molar-refractivity contribution in [2.45, 2.75) is 44.7 Å². The molecule has 1 aromatic heterocycles. The van der Waals surface area contributed by atoms with E-state index >= 15 is 0 Å². The average Bonchev–Trinajstić information content (AvgIpc) is 3.41. The van der Waals surface area contributed by atoms with Crippen LogP contribution in [0.1, 0.15) is 38.2 Å². The van der Waals surface area contributed by atoms with Gasteiger partial charge in [0.2, 0.25) is 10.0 Å². The molecule has 172 valence electrons. The molecule has 4 rings (SSSR count). The molecule has 0 radical (unpaired) electrons. The molecule has 1 aromatic rings. The molecule has 0 spiro atoms. The van der Waals surface area contributed by atoms with Crippen LogP contribution >= 0.6 is 0 Å². The van der Waals surface area contributed by atoms with Crippen LogP contribution in [0.25, 0.3) is 0 Å². The number of urea groups is 1. The summed E-state index contributed by atoms with van der Waals surface area (Å²) in [7, 11) is -2.26. The highest BCUT2D eigenvalue weighted by atomic mass is 32.2. The Balaban J connectivity index is 1.69. The second kappa shape index (κ2) is 8.36. The average molecular weight is 465 g/mol. The second-order valence-corrected chi connectivity index (χ2v) is 10.2. The monoisotopic (exact) mass is 464 g/mol. The third kappa shape index (κ3) is 4.18. The summed E-state index contributed by atoms with van der Waals surface area (Å²) in [5.74, 6) is -1.41. The van der Waals surface area contributed by atoms with E-state index in [1.165, 1.54) is 18.2 Å². The molecule has 2 heterocycles. The number of aryl methyl sites for hydroxylation is 1. The number of allylic oxidation sites excluding steroid dienone is 2. The number of nitrogens with zero attached hydrogens (tertiary/aromatic N) is 4. The third-order valence-electron chi connectivity index (χ3n) is 5.98. The van der Waals surface area contributed by atoms with Crippen LogP contribution in [-0.4, -0.2) is 64.1 Å². The summed E-state index contributed by atoms with van der Waals surface area (Å²) in [4.78, 5) is 27.5. The summed E-state index contributed by atoms with van der Waals surface area (Å²) < 4.78 is 44.5. The van der Waals surface area contributed by atoms with Gasteiger partial charge in [0.25, 0.3) is 0 Å². The zero-order valence-corrected chi connectivity index (χ0v) is 18.9. The molecular formula is C21H27FN5O4S+. The van der Waals surface area contributed by atoms with Gasteiger partial charge in [0.15, 0.2) is 0 Å². The third-order valence-corrected chi connectivity index (χ3v) is 7.57. The van der Waals surface area contributed by atoms with E-state index in [-0.39, 0.29) is 11.4 Å². The van der Waals surface area contributed by atoms with Crippen LogP contribution in [0, 0.1) is 5.92 Å². The van der Waals surface area contributed by atoms with Gasteiger partial charge in [-0.2, -0.15) is 19.4 Å². The molecule has 32 heavy (non-hydrogen) atoms. The normalized spacial score (nSPS) is 22.3. The fraction of sp³-hybridized carbons (Fsp3) is 0.524. The number of unbranched alkanes of at least 4 members (excludes halogenated alkanes) is 1. The number of halogens is 1. The molecule has 2 aliphatic carbocycles. The van der Waals surface area contributed by atoms with E-state index in [1.54, 1.807) is 28.7 Å². The Morgan fingerprint density at radius 2 is 2.06 bits per heavy atom. The van der Waals surface area contributed by atoms with E-state index in [2.05, 4.69) is 9.82 Å². The molecule has 0 aromatic carbocycles. The van der Waals surface area contributed by atoms with Gasteiger partial charge < -0.3 is 0 Å². The number of hydrogen-bond donors (Lipinski definition) is 1. The van der Waals surface area contributed by atoms with Crippen LogP contribution in [0.5, 0.6) is 0 Å². The lowest BCUT2D eigenvalue weighted by atomic mass is 9.94. The van der Waals surface area contributed by atoms with E-state index in [0.29, 0.717) is 30.7 Å². The molecule has 1 fully saturated rings. The molecule has 3 aliphatic rings. The van der Waals surface area contributed by atoms with E-state index in [9.17, 15) is 22.4 Å². The summed E-state index contributed by atoms with van der Waals surface area (Å²) in [5.41, 5.74) is 0.113. The number of amides is 3. The van der Waals surface area contributed by atoms with Crippen LogP contribution < -0.4 is 4.72 Å². The second-order valence-electron chi connectivity index (χ2n) is 8.56. The highest BCUT2D eigenvalue weighted by Gasteiger charge is 2.50. The zero-order valence-electron chi connectivity index (χ0n) is 18.1. The van der Waals surface area contributed by atoms with Gasteiger partial charge in [0, 0.05) is 18.8 Å². The number of carbonyl (C=O) groups excluding carboxylic acids is 2. The van der Waals surface area contributed by atoms with Gasteiger partial charge in [-0.3, -0.25) is 4.68 Å². The lowest BCUT2D eigenvalue weighted by Crippen LogP contribution is -2.54. The van der Waals surface area contributed by atoms with Crippen molar-refractivity contribution >= 4 is 27.7 Å². The number of fused-ring (bicyclic) bond motifs is 1. The van der Waals surface area contributed by atoms with Crippen molar-refractivity contribution in [2.24, 2.45) is 13.0 Å². The van der Waals surface area contributed by atoms with Crippen molar-refractivity contribution in [1.82, 2.24) is 19.4 Å². The first-order valence-corrected chi connectivity index (χ1v) is 12.1. The Morgan fingerprint density at radius 1 is 1.31 bits per heavy atom. The maximum Gasteiger partial charge on any atom is 0.501 e. The highest BCUT2D eigenvalue weighted by molar-refractivity contribution is 7.93. The lowest BCUT2D eigenvalue weighted by Gasteiger charge is -2.28. The summed E-state index contributed by atoms with van der Waals surface area (Å²) in [6.45, 7) is 1.68. The van der Waals surface area contributed by atoms with Gasteiger partial charge in [0.1, 0.15) is 24.8 Å². The Kier molecular flexibility index (Phi) is 5.89. The molecular weight excluding hydrogens is 437 g/mol. The number of hydrogen-bond acceptors (Lipinski definition) is 5. The minimum absolute atomic E-state index is 0.0424. The van der Waals surface area contributed by atoms with E-state index < -0.39 is 40.1 Å². The molecule has 3 amide bonds. The molecule has 0 bridgehead atoms. The number of carbonyl (C=O) groups is 2. The Labute approximate surface area is 186 Å². The number of sulfonamides is 1. The van der Waals surface area contributed by atoms with Gasteiger partial charge in [0.05, 0.1) is 23.2 Å². The van der Waals surface area contributed by atoms with Crippen molar-refractivity contribution in [3.63, 3.8) is 0 Å². The number of imide groups is 1. The fourth-order valence-corrected chi connectivity index (χ4v) is 5.42. The van der Waals surface area contributed by atoms with Gasteiger partial charge in [-0.25, -0.2) is 22.3 Å². The van der Waals surface area contributed by atoms with Gasteiger partial charge >= 0.3 is 11.9 Å². The summed E-state index contributed by atoms with van der Waals surface area (Å²) >= 11 is 0. The number of nitrogens with one attached hydrogen (secondary N) is 1. The molecule has 1 aliphatic heterocycles. The minimum atomic E-state index is -4.00. The highest BCUT2D eigenvalue weighted by Crippen LogP contribution is 2.37. The minimum Gasteiger partial charge on any atom is -0.275 e. The zero-order chi connectivity index (χ0) is 23.1. The molecule has 9 nitrogen and oxygen atoms in total. The first kappa shape index (κ1) is 22.5. The molecule has 1 N–H and O–H groups in total. The predicted molar refractivity (Wildman–Crippen MR) is 115 cm³/mol. The molecule has 11 heteroatoms. The number of alkyl halides is 1. The molecule has 0 saturated heterocycles. The maximum atomic E-state index is 13.3. The molecule has 1 unspecified atom stereocenters. The SMILES string of the molecule is CCCC[N+]1=C2C=CC(S(=O)(=O)NC3(CF)CC3)=CC2C(=O)N(Cc2cnn(C)c2)C1=O. The lowest BCUT2D eigenvalue weighted by molar-refractivity contribution is -0.441. The van der Waals surface area contributed by atoms with E-state index in [1.807, 2.05) is 6.92 Å². The van der Waals surface area contributed by atoms with Crippen LogP contribution in [0.3, 0.4) is 0 Å². The Bertz CT molecular complexity index is 1150. The van der Waals surface area contributed by atoms with Crippen molar-refractivity contribution in [3.8, 4) is 0 Å². The summed E-state index contributed by atoms with van der Waals surface area (Å²) in [5, 5.41) is 4.08. The van der Waals surface area contributed by atoms with Crippen LogP contribution in [0.4, 0.5) is 9.18 Å². The smallest absolute Gasteiger partial charge is 0.275 e. The van der Waals surface area contributed by atoms with Crippen molar-refractivity contribution in [2.75, 3.05) is 13.2 Å². The topological polar surface area (TPSA) is 104 Å². The first-order chi connectivity index (χ1) is 15.2. The Morgan fingerprint density at radius 3 is 2.66 bits per heavy atom. The number of aromatic nitrogens is 2. The number of rotatable bonds is 9. The van der Waals surface area contributed by atoms with Crippen molar-refractivity contribution in [3.05, 3.63) is 41.1 Å². The largest absolute Gasteiger partial charge is 0.501 e. The summed E-state index contributed by atoms with van der Waals surface area (Å²) in [6, 6.07) is -0.435. The predicted octanol–water partition coefficient (Wildman–Crippen LogP) is 1.63. The van der Waals surface area contributed by atoms with Crippen molar-refractivity contribution < 1.29 is 27.0 Å². The molecule has 1 saturated carbocycles. The summed E-state index contributed by atoms with van der Waals surface area (Å²) in [6.07, 6.45) is 10.0. The standard InChI is InChI=1S/C21H27FN5O4S/c1-3-4-9-26-18-6-5-16(32(30,31)24-21(14-22)7-8-21)10-17(18)19(28)27(20(26)29)13-15-11-23-25(2)12-15/h5-6,10-12,17,24H,3-4,7-9,13-14H2,1-2H3/q+1. The van der Waals surface area contributed by atoms with Crippen LogP contribution in [0.15, 0.2) is 35.5 Å². The van der Waals surface area contributed by atoms with Crippen molar-refractivity contribution in [1.29, 1.82) is 0 Å². The van der Waals surface area contributed by atoms with E-state index in [0.717, 1.165) is 17.7 Å². The quantitative estimate of drug-likeness (QED) is 0.560. The van der Waals surface area contributed by atoms with Crippen LogP contribution in [-0.2, 0) is 28.4 Å². The van der Waals surface area contributed by atoms with Gasteiger partial charge in [-0.15, -0.1) is 0 Å². The van der Waals surface area contributed by atoms with Gasteiger partial charge in [-0.1, -0.05) is 13.3 Å². The molecule has 1 atom stereocenters. The fourth-order valence-electron chi connectivity index (χ4n) is 3.91.